The van der Waals surface area contributed by atoms with Crippen LogP contribution in [0.4, 0.5) is 0 Å². The second-order valence-electron chi connectivity index (χ2n) is 6.22. The lowest BCUT2D eigenvalue weighted by atomic mass is 9.74. The third-order valence-corrected chi connectivity index (χ3v) is 4.43. The zero-order valence-corrected chi connectivity index (χ0v) is 14.0. The van der Waals surface area contributed by atoms with Gasteiger partial charge in [0, 0.05) is 6.04 Å². The molecule has 2 aromatic rings. The van der Waals surface area contributed by atoms with Gasteiger partial charge in [-0.25, -0.2) is 0 Å². The molecule has 1 unspecified atom stereocenters. The number of aliphatic hydroxyl groups excluding tert-OH is 1. The summed E-state index contributed by atoms with van der Waals surface area (Å²) in [6.07, 6.45) is 0. The van der Waals surface area contributed by atoms with E-state index in [1.165, 1.54) is 0 Å². The minimum Gasteiger partial charge on any atom is -0.497 e. The van der Waals surface area contributed by atoms with Crippen molar-refractivity contribution in [1.29, 1.82) is 0 Å². The number of ether oxygens (including phenoxy) is 1. The van der Waals surface area contributed by atoms with E-state index in [9.17, 15) is 5.11 Å². The van der Waals surface area contributed by atoms with E-state index in [1.54, 1.807) is 7.11 Å². The molecule has 0 aliphatic heterocycles. The smallest absolute Gasteiger partial charge is 0.118 e. The summed E-state index contributed by atoms with van der Waals surface area (Å²) >= 11 is 0. The molecule has 0 saturated carbocycles. The average molecular weight is 314 g/mol. The van der Waals surface area contributed by atoms with Crippen LogP contribution in [0.2, 0.25) is 0 Å². The predicted molar refractivity (Wildman–Crippen MR) is 93.1 cm³/mol. The first-order chi connectivity index (χ1) is 10.9. The Labute approximate surface area is 138 Å². The molecular weight excluding hydrogens is 288 g/mol. The Bertz CT molecular complexity index is 573. The Morgan fingerprint density at radius 2 is 1.48 bits per heavy atom. The molecule has 4 heteroatoms. The third-order valence-electron chi connectivity index (χ3n) is 4.43. The molecule has 2 aromatic carbocycles. The zero-order chi connectivity index (χ0) is 17.0. The monoisotopic (exact) mass is 314 g/mol. The van der Waals surface area contributed by atoms with Crippen molar-refractivity contribution in [2.75, 3.05) is 7.11 Å². The number of aliphatic hydroxyl groups is 1. The number of nitrogens with two attached hydrogens (primary N) is 2. The van der Waals surface area contributed by atoms with Gasteiger partial charge in [0.15, 0.2) is 0 Å². The lowest BCUT2D eigenvalue weighted by Gasteiger charge is -2.39. The van der Waals surface area contributed by atoms with Crippen LogP contribution >= 0.6 is 0 Å². The lowest BCUT2D eigenvalue weighted by molar-refractivity contribution is 0.281. The van der Waals surface area contributed by atoms with Crippen LogP contribution in [0, 0.1) is 5.92 Å². The molecule has 4 nitrogen and oxygen atoms in total. The molecule has 0 spiro atoms. The fraction of sp³-hybridized carbons (Fsp3) is 0.368. The van der Waals surface area contributed by atoms with Crippen molar-refractivity contribution in [2.24, 2.45) is 17.4 Å². The highest BCUT2D eigenvalue weighted by Gasteiger charge is 2.38. The van der Waals surface area contributed by atoms with E-state index >= 15 is 0 Å². The van der Waals surface area contributed by atoms with Crippen LogP contribution in [-0.4, -0.2) is 18.3 Å². The highest BCUT2D eigenvalue weighted by molar-refractivity contribution is 5.43. The molecule has 0 bridgehead atoms. The number of benzene rings is 2. The fourth-order valence-electron chi connectivity index (χ4n) is 2.83. The van der Waals surface area contributed by atoms with Gasteiger partial charge in [0.1, 0.15) is 5.75 Å². The summed E-state index contributed by atoms with van der Waals surface area (Å²) < 4.78 is 5.23. The highest BCUT2D eigenvalue weighted by Crippen LogP contribution is 2.33. The zero-order valence-electron chi connectivity index (χ0n) is 14.0. The number of hydrogen-bond acceptors (Lipinski definition) is 4. The van der Waals surface area contributed by atoms with Gasteiger partial charge < -0.3 is 21.3 Å². The SMILES string of the molecule is COc1ccc(C(N)(c2ccc(CO)cc2)[C@@H](N)C(C)C)cc1. The molecule has 124 valence electrons. The van der Waals surface area contributed by atoms with Gasteiger partial charge in [0.05, 0.1) is 19.3 Å². The van der Waals surface area contributed by atoms with Crippen LogP contribution in [0.15, 0.2) is 48.5 Å². The van der Waals surface area contributed by atoms with E-state index in [0.29, 0.717) is 0 Å². The standard InChI is InChI=1S/C19H26N2O2/c1-13(2)18(20)19(21,15-6-4-14(12-22)5-7-15)16-8-10-17(23-3)11-9-16/h4-11,13,18,22H,12,20-21H2,1-3H3/t18-,19?/m0/s1. The lowest BCUT2D eigenvalue weighted by Crippen LogP contribution is -2.55. The van der Waals surface area contributed by atoms with Gasteiger partial charge in [0.2, 0.25) is 0 Å². The van der Waals surface area contributed by atoms with E-state index in [2.05, 4.69) is 13.8 Å². The molecule has 23 heavy (non-hydrogen) atoms. The molecule has 0 radical (unpaired) electrons. The Morgan fingerprint density at radius 1 is 1.00 bits per heavy atom. The van der Waals surface area contributed by atoms with Gasteiger partial charge in [0.25, 0.3) is 0 Å². The van der Waals surface area contributed by atoms with Crippen LogP contribution in [-0.2, 0) is 12.1 Å². The van der Waals surface area contributed by atoms with E-state index in [-0.39, 0.29) is 18.6 Å². The van der Waals surface area contributed by atoms with E-state index < -0.39 is 5.54 Å². The van der Waals surface area contributed by atoms with Gasteiger partial charge in [-0.05, 0) is 34.7 Å². The number of methoxy groups -OCH3 is 1. The minimum atomic E-state index is -0.811. The van der Waals surface area contributed by atoms with Crippen molar-refractivity contribution in [2.45, 2.75) is 32.0 Å². The van der Waals surface area contributed by atoms with Gasteiger partial charge in [-0.15, -0.1) is 0 Å². The van der Waals surface area contributed by atoms with Crippen molar-refractivity contribution in [3.05, 3.63) is 65.2 Å². The molecule has 0 saturated heterocycles. The van der Waals surface area contributed by atoms with Crippen LogP contribution < -0.4 is 16.2 Å². The minimum absolute atomic E-state index is 0.0105. The van der Waals surface area contributed by atoms with Crippen molar-refractivity contribution in [1.82, 2.24) is 0 Å². The van der Waals surface area contributed by atoms with Crippen LogP contribution in [0.3, 0.4) is 0 Å². The Kier molecular flexibility index (Phi) is 5.42. The maximum atomic E-state index is 9.23. The van der Waals surface area contributed by atoms with Crippen LogP contribution in [0.5, 0.6) is 5.75 Å². The Hall–Kier alpha value is -1.88. The third kappa shape index (κ3) is 3.39. The first kappa shape index (κ1) is 17.5. The summed E-state index contributed by atoms with van der Waals surface area (Å²) in [5.41, 5.74) is 15.2. The second kappa shape index (κ2) is 7.13. The second-order valence-corrected chi connectivity index (χ2v) is 6.22. The Morgan fingerprint density at radius 3 is 1.87 bits per heavy atom. The molecule has 2 atom stereocenters. The summed E-state index contributed by atoms with van der Waals surface area (Å²) in [4.78, 5) is 0. The molecular formula is C19H26N2O2. The van der Waals surface area contributed by atoms with Crippen LogP contribution in [0.25, 0.3) is 0 Å². The first-order valence-electron chi connectivity index (χ1n) is 7.82. The largest absolute Gasteiger partial charge is 0.497 e. The van der Waals surface area contributed by atoms with Gasteiger partial charge in [-0.2, -0.15) is 0 Å². The molecule has 0 aliphatic rings. The van der Waals surface area contributed by atoms with Crippen molar-refractivity contribution in [3.63, 3.8) is 0 Å². The summed E-state index contributed by atoms with van der Waals surface area (Å²) in [6, 6.07) is 15.1. The summed E-state index contributed by atoms with van der Waals surface area (Å²) in [5, 5.41) is 9.23. The van der Waals surface area contributed by atoms with Gasteiger partial charge in [-0.1, -0.05) is 50.2 Å². The number of rotatable bonds is 6. The number of hydrogen-bond donors (Lipinski definition) is 3. The molecule has 0 fully saturated rings. The fourth-order valence-corrected chi connectivity index (χ4v) is 2.83. The molecule has 0 aliphatic carbocycles. The van der Waals surface area contributed by atoms with Crippen molar-refractivity contribution >= 4 is 0 Å². The van der Waals surface area contributed by atoms with Gasteiger partial charge >= 0.3 is 0 Å². The molecule has 2 rings (SSSR count). The summed E-state index contributed by atoms with van der Waals surface area (Å²) in [5.74, 6) is 0.990. The molecule has 0 aromatic heterocycles. The topological polar surface area (TPSA) is 81.5 Å². The van der Waals surface area contributed by atoms with E-state index in [1.807, 2.05) is 48.5 Å². The molecule has 5 N–H and O–H groups in total. The van der Waals surface area contributed by atoms with Crippen molar-refractivity contribution in [3.8, 4) is 5.75 Å². The average Bonchev–Trinajstić information content (AvgIpc) is 2.60. The predicted octanol–water partition coefficient (Wildman–Crippen LogP) is 2.37. The molecule has 0 amide bonds. The van der Waals surface area contributed by atoms with Gasteiger partial charge in [-0.3, -0.25) is 0 Å². The summed E-state index contributed by atoms with van der Waals surface area (Å²) in [6.45, 7) is 4.15. The van der Waals surface area contributed by atoms with E-state index in [0.717, 1.165) is 22.4 Å². The first-order valence-corrected chi connectivity index (χ1v) is 7.82. The summed E-state index contributed by atoms with van der Waals surface area (Å²) in [7, 11) is 1.64. The highest BCUT2D eigenvalue weighted by atomic mass is 16.5. The molecule has 0 heterocycles. The van der Waals surface area contributed by atoms with E-state index in [4.69, 9.17) is 16.2 Å². The normalized spacial score (nSPS) is 15.3. The quantitative estimate of drug-likeness (QED) is 0.764. The van der Waals surface area contributed by atoms with Crippen molar-refractivity contribution < 1.29 is 9.84 Å². The Balaban J connectivity index is 2.53. The van der Waals surface area contributed by atoms with Crippen LogP contribution in [0.1, 0.15) is 30.5 Å². The maximum absolute atomic E-state index is 9.23. The maximum Gasteiger partial charge on any atom is 0.118 e.